The summed E-state index contributed by atoms with van der Waals surface area (Å²) in [5, 5.41) is -0.132. The van der Waals surface area contributed by atoms with E-state index in [2.05, 4.69) is 41.8 Å². The van der Waals surface area contributed by atoms with E-state index in [4.69, 9.17) is 16.6 Å². The molecule has 2 nitrogen and oxygen atoms in total. The van der Waals surface area contributed by atoms with Gasteiger partial charge in [0.15, 0.2) is 0 Å². The standard InChI is InChI=1S/C16H15ClN2/c1-11-7-6-10-14-15(11)18-16(12(2)17)19(14)13-8-4-3-5-9-13/h3-10,12H,1-2H3. The van der Waals surface area contributed by atoms with Crippen LogP contribution in [-0.2, 0) is 0 Å². The SMILES string of the molecule is Cc1cccc2c1nc(C(C)Cl)n2-c1ccccc1. The highest BCUT2D eigenvalue weighted by molar-refractivity contribution is 6.20. The lowest BCUT2D eigenvalue weighted by Gasteiger charge is -2.10. The lowest BCUT2D eigenvalue weighted by atomic mass is 10.2. The van der Waals surface area contributed by atoms with Crippen molar-refractivity contribution in [3.8, 4) is 5.69 Å². The van der Waals surface area contributed by atoms with E-state index in [1.807, 2.05) is 25.1 Å². The van der Waals surface area contributed by atoms with Crippen LogP contribution in [0.4, 0.5) is 0 Å². The summed E-state index contributed by atoms with van der Waals surface area (Å²) in [6.07, 6.45) is 0. The quantitative estimate of drug-likeness (QED) is 0.621. The zero-order chi connectivity index (χ0) is 13.4. The first-order valence-electron chi connectivity index (χ1n) is 6.36. The molecule has 0 saturated heterocycles. The third-order valence-electron chi connectivity index (χ3n) is 3.28. The lowest BCUT2D eigenvalue weighted by molar-refractivity contribution is 0.882. The predicted octanol–water partition coefficient (Wildman–Crippen LogP) is 4.63. The molecule has 0 amide bonds. The van der Waals surface area contributed by atoms with Gasteiger partial charge >= 0.3 is 0 Å². The van der Waals surface area contributed by atoms with Crippen LogP contribution < -0.4 is 0 Å². The molecule has 1 heterocycles. The topological polar surface area (TPSA) is 17.8 Å². The number of aromatic nitrogens is 2. The van der Waals surface area contributed by atoms with Gasteiger partial charge in [0.05, 0.1) is 16.4 Å². The molecule has 3 heteroatoms. The number of hydrogen-bond donors (Lipinski definition) is 0. The zero-order valence-electron chi connectivity index (χ0n) is 11.0. The van der Waals surface area contributed by atoms with E-state index in [0.717, 1.165) is 22.5 Å². The summed E-state index contributed by atoms with van der Waals surface area (Å²) in [6.45, 7) is 4.03. The number of imidazole rings is 1. The summed E-state index contributed by atoms with van der Waals surface area (Å²) in [7, 11) is 0. The van der Waals surface area contributed by atoms with E-state index in [0.29, 0.717) is 0 Å². The summed E-state index contributed by atoms with van der Waals surface area (Å²) in [6, 6.07) is 16.4. The van der Waals surface area contributed by atoms with Gasteiger partial charge in [0.25, 0.3) is 0 Å². The van der Waals surface area contributed by atoms with Gasteiger partial charge in [-0.15, -0.1) is 11.6 Å². The van der Waals surface area contributed by atoms with Gasteiger partial charge in [-0.2, -0.15) is 0 Å². The van der Waals surface area contributed by atoms with Crippen molar-refractivity contribution in [2.75, 3.05) is 0 Å². The maximum atomic E-state index is 6.30. The fourth-order valence-corrected chi connectivity index (χ4v) is 2.52. The Morgan fingerprint density at radius 3 is 2.47 bits per heavy atom. The summed E-state index contributed by atoms with van der Waals surface area (Å²) < 4.78 is 2.14. The molecule has 3 rings (SSSR count). The van der Waals surface area contributed by atoms with Crippen molar-refractivity contribution in [3.05, 3.63) is 59.9 Å². The molecule has 0 N–H and O–H groups in total. The first kappa shape index (κ1) is 12.2. The second-order valence-electron chi connectivity index (χ2n) is 4.70. The van der Waals surface area contributed by atoms with Gasteiger partial charge in [-0.25, -0.2) is 4.98 Å². The van der Waals surface area contributed by atoms with Gasteiger partial charge in [0.1, 0.15) is 5.82 Å². The Hall–Kier alpha value is -1.80. The average Bonchev–Trinajstić information content (AvgIpc) is 2.81. The minimum absolute atomic E-state index is 0.132. The Bertz CT molecular complexity index is 714. The van der Waals surface area contributed by atoms with Gasteiger partial charge in [0.2, 0.25) is 0 Å². The summed E-state index contributed by atoms with van der Waals surface area (Å²) in [5.74, 6) is 0.886. The van der Waals surface area contributed by atoms with Crippen LogP contribution in [0.3, 0.4) is 0 Å². The Kier molecular flexibility index (Phi) is 3.03. The molecule has 1 unspecified atom stereocenters. The summed E-state index contributed by atoms with van der Waals surface area (Å²) in [4.78, 5) is 4.72. The third kappa shape index (κ3) is 2.02. The Balaban J connectivity index is 2.38. The Morgan fingerprint density at radius 2 is 1.79 bits per heavy atom. The van der Waals surface area contributed by atoms with Gasteiger partial charge in [0, 0.05) is 5.69 Å². The summed E-state index contributed by atoms with van der Waals surface area (Å²) >= 11 is 6.30. The van der Waals surface area contributed by atoms with Gasteiger partial charge in [-0.1, -0.05) is 30.3 Å². The van der Waals surface area contributed by atoms with Crippen molar-refractivity contribution in [1.82, 2.24) is 9.55 Å². The second kappa shape index (κ2) is 4.71. The van der Waals surface area contributed by atoms with E-state index >= 15 is 0 Å². The molecule has 19 heavy (non-hydrogen) atoms. The maximum absolute atomic E-state index is 6.30. The number of rotatable bonds is 2. The van der Waals surface area contributed by atoms with Crippen LogP contribution in [-0.4, -0.2) is 9.55 Å². The van der Waals surface area contributed by atoms with Crippen LogP contribution in [0.25, 0.3) is 16.7 Å². The highest BCUT2D eigenvalue weighted by Gasteiger charge is 2.16. The molecule has 0 fully saturated rings. The highest BCUT2D eigenvalue weighted by Crippen LogP contribution is 2.29. The molecule has 0 aliphatic heterocycles. The van der Waals surface area contributed by atoms with Crippen LogP contribution in [0, 0.1) is 6.92 Å². The number of fused-ring (bicyclic) bond motifs is 1. The molecule has 2 aromatic carbocycles. The normalized spacial score (nSPS) is 12.8. The van der Waals surface area contributed by atoms with Crippen LogP contribution in [0.1, 0.15) is 23.7 Å². The van der Waals surface area contributed by atoms with Crippen molar-refractivity contribution in [2.24, 2.45) is 0 Å². The Morgan fingerprint density at radius 1 is 1.05 bits per heavy atom. The van der Waals surface area contributed by atoms with Crippen LogP contribution in [0.2, 0.25) is 0 Å². The van der Waals surface area contributed by atoms with Crippen molar-refractivity contribution in [1.29, 1.82) is 0 Å². The van der Waals surface area contributed by atoms with E-state index in [1.54, 1.807) is 0 Å². The molecule has 0 bridgehead atoms. The largest absolute Gasteiger partial charge is 0.295 e. The third-order valence-corrected chi connectivity index (χ3v) is 3.48. The number of para-hydroxylation sites is 2. The number of hydrogen-bond acceptors (Lipinski definition) is 1. The van der Waals surface area contributed by atoms with Gasteiger partial charge in [-0.3, -0.25) is 4.57 Å². The zero-order valence-corrected chi connectivity index (χ0v) is 11.7. The molecule has 1 aromatic heterocycles. The molecule has 0 saturated carbocycles. The molecule has 0 radical (unpaired) electrons. The average molecular weight is 271 g/mol. The van der Waals surface area contributed by atoms with Crippen molar-refractivity contribution < 1.29 is 0 Å². The van der Waals surface area contributed by atoms with E-state index < -0.39 is 0 Å². The first-order valence-corrected chi connectivity index (χ1v) is 6.79. The number of nitrogens with zero attached hydrogens (tertiary/aromatic N) is 2. The number of halogens is 1. The van der Waals surface area contributed by atoms with E-state index in [9.17, 15) is 0 Å². The van der Waals surface area contributed by atoms with Crippen LogP contribution >= 0.6 is 11.6 Å². The van der Waals surface area contributed by atoms with E-state index in [1.165, 1.54) is 5.56 Å². The molecule has 3 aromatic rings. The number of aryl methyl sites for hydroxylation is 1. The maximum Gasteiger partial charge on any atom is 0.132 e. The molecular weight excluding hydrogens is 256 g/mol. The molecule has 0 aliphatic rings. The molecular formula is C16H15ClN2. The molecule has 1 atom stereocenters. The molecule has 0 aliphatic carbocycles. The molecule has 96 valence electrons. The fraction of sp³-hybridized carbons (Fsp3) is 0.188. The second-order valence-corrected chi connectivity index (χ2v) is 5.35. The van der Waals surface area contributed by atoms with Crippen molar-refractivity contribution >= 4 is 22.6 Å². The van der Waals surface area contributed by atoms with Gasteiger partial charge in [-0.05, 0) is 37.6 Å². The highest BCUT2D eigenvalue weighted by atomic mass is 35.5. The smallest absolute Gasteiger partial charge is 0.132 e. The summed E-state index contributed by atoms with van der Waals surface area (Å²) in [5.41, 5.74) is 4.39. The predicted molar refractivity (Wildman–Crippen MR) is 80.1 cm³/mol. The Labute approximate surface area is 117 Å². The number of alkyl halides is 1. The van der Waals surface area contributed by atoms with E-state index in [-0.39, 0.29) is 5.38 Å². The molecule has 0 spiro atoms. The fourth-order valence-electron chi connectivity index (χ4n) is 2.37. The van der Waals surface area contributed by atoms with Crippen LogP contribution in [0.5, 0.6) is 0 Å². The van der Waals surface area contributed by atoms with Crippen molar-refractivity contribution in [3.63, 3.8) is 0 Å². The monoisotopic (exact) mass is 270 g/mol. The minimum atomic E-state index is -0.132. The van der Waals surface area contributed by atoms with Gasteiger partial charge < -0.3 is 0 Å². The number of benzene rings is 2. The lowest BCUT2D eigenvalue weighted by Crippen LogP contribution is -2.01. The minimum Gasteiger partial charge on any atom is -0.295 e. The van der Waals surface area contributed by atoms with Crippen molar-refractivity contribution in [2.45, 2.75) is 19.2 Å². The van der Waals surface area contributed by atoms with Crippen LogP contribution in [0.15, 0.2) is 48.5 Å². The first-order chi connectivity index (χ1) is 9.18.